The molecule has 0 bridgehead atoms. The fraction of sp³-hybridized carbons (Fsp3) is 0.320. The van der Waals surface area contributed by atoms with Crippen molar-refractivity contribution in [1.29, 1.82) is 0 Å². The number of methoxy groups -OCH3 is 1. The van der Waals surface area contributed by atoms with Gasteiger partial charge in [-0.25, -0.2) is 14.8 Å². The Hall–Kier alpha value is -4.01. The summed E-state index contributed by atoms with van der Waals surface area (Å²) < 4.78 is 6.82. The molecule has 2 aliphatic rings. The van der Waals surface area contributed by atoms with E-state index in [2.05, 4.69) is 22.2 Å². The number of aromatic nitrogens is 2. The van der Waals surface area contributed by atoms with Crippen LogP contribution >= 0.6 is 0 Å². The van der Waals surface area contributed by atoms with Gasteiger partial charge in [-0.05, 0) is 44.1 Å². The number of nitrogens with zero attached hydrogens (tertiary/aromatic N) is 4. The van der Waals surface area contributed by atoms with Crippen molar-refractivity contribution in [2.75, 3.05) is 26.7 Å². The van der Waals surface area contributed by atoms with E-state index in [-0.39, 0.29) is 17.9 Å². The van der Waals surface area contributed by atoms with E-state index in [1.54, 1.807) is 29.2 Å². The van der Waals surface area contributed by atoms with Crippen molar-refractivity contribution < 1.29 is 14.6 Å². The third-order valence-electron chi connectivity index (χ3n) is 5.90. The lowest BCUT2D eigenvalue weighted by Gasteiger charge is -2.32. The normalized spacial score (nSPS) is 16.6. The lowest BCUT2D eigenvalue weighted by molar-refractivity contribution is 0.111. The summed E-state index contributed by atoms with van der Waals surface area (Å²) in [6.07, 6.45) is 8.84. The zero-order valence-electron chi connectivity index (χ0n) is 19.5. The summed E-state index contributed by atoms with van der Waals surface area (Å²) in [5.74, 6) is 1.68. The molecule has 0 saturated carbocycles. The molecule has 0 atom stereocenters. The van der Waals surface area contributed by atoms with E-state index >= 15 is 0 Å². The highest BCUT2D eigenvalue weighted by molar-refractivity contribution is 5.93. The zero-order chi connectivity index (χ0) is 24.1. The van der Waals surface area contributed by atoms with Crippen molar-refractivity contribution in [3.63, 3.8) is 0 Å². The van der Waals surface area contributed by atoms with E-state index in [0.29, 0.717) is 25.6 Å². The standard InChI is InChI=1S/C25H30N6O3/c1-4-5-13-31-17(2)27-22(18-7-6-8-20(32)16-18)23(31)21-9-12-26-24(29-21)28-19-10-14-30(15-11-19)25(33)34-3/h4-9,13,16,19,32H,1,10-12,14-15H2,2-3H3,(H2,26,28,29)/b13-5-. The Labute approximate surface area is 199 Å². The molecule has 9 nitrogen and oxygen atoms in total. The van der Waals surface area contributed by atoms with Crippen molar-refractivity contribution >= 4 is 23.9 Å². The second-order valence-corrected chi connectivity index (χ2v) is 8.16. The monoisotopic (exact) mass is 462 g/mol. The summed E-state index contributed by atoms with van der Waals surface area (Å²) in [4.78, 5) is 22.9. The van der Waals surface area contributed by atoms with Gasteiger partial charge in [-0.2, -0.15) is 0 Å². The Balaban J connectivity index is 1.56. The summed E-state index contributed by atoms with van der Waals surface area (Å²) in [6.45, 7) is 7.51. The number of benzene rings is 1. The topological polar surface area (TPSA) is 104 Å². The second kappa shape index (κ2) is 10.3. The predicted molar refractivity (Wildman–Crippen MR) is 133 cm³/mol. The zero-order valence-corrected chi connectivity index (χ0v) is 19.5. The molecule has 1 saturated heterocycles. The van der Waals surface area contributed by atoms with Gasteiger partial charge >= 0.3 is 6.09 Å². The second-order valence-electron chi connectivity index (χ2n) is 8.16. The number of ether oxygens (including phenoxy) is 1. The van der Waals surface area contributed by atoms with E-state index in [1.807, 2.05) is 35.9 Å². The number of nitrogens with one attached hydrogen (secondary N) is 2. The number of aryl methyl sites for hydroxylation is 1. The SMILES string of the molecule is C=C/C=C\n1c(C)nc(-c2cccc(O)c2)c1C1=CCN=C(NC2CCN(C(=O)OC)CC2)N1. The number of aromatic hydroxyl groups is 1. The number of rotatable bonds is 5. The summed E-state index contributed by atoms with van der Waals surface area (Å²) >= 11 is 0. The summed E-state index contributed by atoms with van der Waals surface area (Å²) in [7, 11) is 1.41. The molecule has 4 rings (SSSR count). The smallest absolute Gasteiger partial charge is 0.409 e. The highest BCUT2D eigenvalue weighted by Crippen LogP contribution is 2.31. The van der Waals surface area contributed by atoms with Crippen LogP contribution in [-0.4, -0.2) is 64.4 Å². The van der Waals surface area contributed by atoms with E-state index in [1.165, 1.54) is 7.11 Å². The number of amides is 1. The Morgan fingerprint density at radius 1 is 1.35 bits per heavy atom. The quantitative estimate of drug-likeness (QED) is 0.589. The molecule has 0 aliphatic carbocycles. The largest absolute Gasteiger partial charge is 0.508 e. The number of imidazole rings is 1. The van der Waals surface area contributed by atoms with Gasteiger partial charge in [-0.15, -0.1) is 0 Å². The van der Waals surface area contributed by atoms with E-state index in [4.69, 9.17) is 9.72 Å². The van der Waals surface area contributed by atoms with Gasteiger partial charge in [-0.3, -0.25) is 0 Å². The third kappa shape index (κ3) is 4.98. The Bertz CT molecular complexity index is 1160. The third-order valence-corrected chi connectivity index (χ3v) is 5.90. The van der Waals surface area contributed by atoms with Crippen LogP contribution in [0.25, 0.3) is 23.2 Å². The number of allylic oxidation sites excluding steroid dienone is 2. The number of carbonyl (C=O) groups is 1. The van der Waals surface area contributed by atoms with Crippen molar-refractivity contribution in [2.24, 2.45) is 4.99 Å². The molecule has 1 amide bonds. The van der Waals surface area contributed by atoms with Crippen LogP contribution in [0.1, 0.15) is 24.4 Å². The van der Waals surface area contributed by atoms with Gasteiger partial charge in [0, 0.05) is 30.9 Å². The van der Waals surface area contributed by atoms with Gasteiger partial charge in [0.15, 0.2) is 5.96 Å². The maximum atomic E-state index is 11.7. The van der Waals surface area contributed by atoms with Crippen LogP contribution in [0.5, 0.6) is 5.75 Å². The number of aliphatic imine (C=N–C) groups is 1. The Morgan fingerprint density at radius 2 is 2.15 bits per heavy atom. The minimum Gasteiger partial charge on any atom is -0.508 e. The van der Waals surface area contributed by atoms with Gasteiger partial charge in [0.05, 0.1) is 30.7 Å². The van der Waals surface area contributed by atoms with Gasteiger partial charge in [0.25, 0.3) is 0 Å². The molecular weight excluding hydrogens is 432 g/mol. The summed E-state index contributed by atoms with van der Waals surface area (Å²) in [5, 5.41) is 16.9. The number of hydrogen-bond acceptors (Lipinski definition) is 7. The lowest BCUT2D eigenvalue weighted by Crippen LogP contribution is -2.50. The van der Waals surface area contributed by atoms with Crippen LogP contribution in [0.3, 0.4) is 0 Å². The van der Waals surface area contributed by atoms with Crippen molar-refractivity contribution in [3.05, 3.63) is 60.6 Å². The van der Waals surface area contributed by atoms with E-state index in [9.17, 15) is 9.90 Å². The van der Waals surface area contributed by atoms with Crippen LogP contribution in [0.15, 0.2) is 54.1 Å². The minimum absolute atomic E-state index is 0.185. The number of piperidine rings is 1. The molecule has 178 valence electrons. The highest BCUT2D eigenvalue weighted by atomic mass is 16.5. The number of phenolic OH excluding ortho intramolecular Hbond substituents is 1. The molecule has 0 radical (unpaired) electrons. The van der Waals surface area contributed by atoms with Crippen LogP contribution in [0.2, 0.25) is 0 Å². The van der Waals surface area contributed by atoms with Crippen molar-refractivity contribution in [2.45, 2.75) is 25.8 Å². The first-order valence-electron chi connectivity index (χ1n) is 11.3. The van der Waals surface area contributed by atoms with E-state index in [0.717, 1.165) is 41.3 Å². The predicted octanol–water partition coefficient (Wildman–Crippen LogP) is 3.34. The van der Waals surface area contributed by atoms with Crippen molar-refractivity contribution in [1.82, 2.24) is 25.1 Å². The van der Waals surface area contributed by atoms with Crippen LogP contribution < -0.4 is 10.6 Å². The Kier molecular flexibility index (Phi) is 7.01. The first-order chi connectivity index (χ1) is 16.5. The fourth-order valence-corrected chi connectivity index (χ4v) is 4.20. The molecular formula is C25H30N6O3. The molecule has 3 heterocycles. The average molecular weight is 463 g/mol. The molecule has 0 spiro atoms. The van der Waals surface area contributed by atoms with Gasteiger partial charge in [0.2, 0.25) is 0 Å². The molecule has 34 heavy (non-hydrogen) atoms. The molecule has 3 N–H and O–H groups in total. The number of likely N-dealkylation sites (tertiary alicyclic amines) is 1. The molecule has 2 aliphatic heterocycles. The molecule has 1 aromatic heterocycles. The first kappa shape index (κ1) is 23.2. The van der Waals surface area contributed by atoms with Gasteiger partial charge in [0.1, 0.15) is 11.6 Å². The molecule has 1 fully saturated rings. The van der Waals surface area contributed by atoms with Gasteiger partial charge < -0.3 is 29.9 Å². The van der Waals surface area contributed by atoms with Crippen LogP contribution in [-0.2, 0) is 4.74 Å². The average Bonchev–Trinajstić information content (AvgIpc) is 3.19. The molecule has 1 aromatic carbocycles. The van der Waals surface area contributed by atoms with Crippen LogP contribution in [0, 0.1) is 6.92 Å². The maximum absolute atomic E-state index is 11.7. The minimum atomic E-state index is -0.285. The van der Waals surface area contributed by atoms with Gasteiger partial charge in [-0.1, -0.05) is 24.8 Å². The number of guanidine groups is 1. The molecule has 0 unspecified atom stereocenters. The molecule has 9 heteroatoms. The molecule has 2 aromatic rings. The summed E-state index contributed by atoms with van der Waals surface area (Å²) in [5.41, 5.74) is 3.32. The fourth-order valence-electron chi connectivity index (χ4n) is 4.20. The number of hydrogen-bond donors (Lipinski definition) is 3. The Morgan fingerprint density at radius 3 is 2.85 bits per heavy atom. The number of carbonyl (C=O) groups excluding carboxylic acids is 1. The highest BCUT2D eigenvalue weighted by Gasteiger charge is 2.26. The van der Waals surface area contributed by atoms with Crippen molar-refractivity contribution in [3.8, 4) is 17.0 Å². The van der Waals surface area contributed by atoms with Crippen LogP contribution in [0.4, 0.5) is 4.79 Å². The number of phenols is 1. The maximum Gasteiger partial charge on any atom is 0.409 e. The lowest BCUT2D eigenvalue weighted by atomic mass is 10.1. The van der Waals surface area contributed by atoms with E-state index < -0.39 is 0 Å². The summed E-state index contributed by atoms with van der Waals surface area (Å²) in [6, 6.07) is 7.28. The first-order valence-corrected chi connectivity index (χ1v) is 11.3.